The van der Waals surface area contributed by atoms with Gasteiger partial charge in [0.05, 0.1) is 13.2 Å². The van der Waals surface area contributed by atoms with Crippen molar-refractivity contribution >= 4 is 0 Å². The minimum atomic E-state index is 0.0326. The lowest BCUT2D eigenvalue weighted by Gasteiger charge is -2.15. The first kappa shape index (κ1) is 12.4. The fourth-order valence-corrected chi connectivity index (χ4v) is 1.72. The van der Waals surface area contributed by atoms with Crippen LogP contribution in [0.4, 0.5) is 0 Å². The van der Waals surface area contributed by atoms with Crippen LogP contribution in [0.3, 0.4) is 0 Å². The fraction of sp³-hybridized carbons (Fsp3) is 0.571. The molecule has 1 saturated carbocycles. The molecule has 1 aliphatic carbocycles. The van der Waals surface area contributed by atoms with Crippen LogP contribution < -0.4 is 10.1 Å². The van der Waals surface area contributed by atoms with E-state index in [9.17, 15) is 5.11 Å². The van der Waals surface area contributed by atoms with Crippen LogP contribution in [0.1, 0.15) is 25.3 Å². The molecule has 0 heterocycles. The lowest BCUT2D eigenvalue weighted by molar-refractivity contribution is 0.237. The van der Waals surface area contributed by atoms with Crippen molar-refractivity contribution in [2.75, 3.05) is 13.2 Å². The summed E-state index contributed by atoms with van der Waals surface area (Å²) in [5.41, 5.74) is 0.856. The number of aliphatic hydroxyl groups excluding tert-OH is 1. The van der Waals surface area contributed by atoms with Gasteiger partial charge in [0.25, 0.3) is 0 Å². The number of rotatable bonds is 7. The summed E-state index contributed by atoms with van der Waals surface area (Å²) < 4.78 is 5.74. The number of para-hydroxylation sites is 1. The lowest BCUT2D eigenvalue weighted by Crippen LogP contribution is -2.26. The van der Waals surface area contributed by atoms with Gasteiger partial charge in [0, 0.05) is 24.1 Å². The minimum absolute atomic E-state index is 0.0326. The van der Waals surface area contributed by atoms with Crippen molar-refractivity contribution in [2.45, 2.75) is 32.4 Å². The summed E-state index contributed by atoms with van der Waals surface area (Å²) in [6, 6.07) is 8.40. The zero-order chi connectivity index (χ0) is 12.1. The average Bonchev–Trinajstić information content (AvgIpc) is 3.18. The van der Waals surface area contributed by atoms with E-state index in [1.165, 1.54) is 12.8 Å². The summed E-state index contributed by atoms with van der Waals surface area (Å²) in [7, 11) is 0. The van der Waals surface area contributed by atoms with Crippen molar-refractivity contribution in [1.82, 2.24) is 5.32 Å². The summed E-state index contributed by atoms with van der Waals surface area (Å²) in [6.07, 6.45) is 2.64. The summed E-state index contributed by atoms with van der Waals surface area (Å²) in [5.74, 6) is 1.29. The molecule has 1 aromatic rings. The Kier molecular flexibility index (Phi) is 4.40. The lowest BCUT2D eigenvalue weighted by atomic mass is 10.2. The molecule has 0 bridgehead atoms. The Bertz CT molecular complexity index is 350. The molecule has 1 unspecified atom stereocenters. The van der Waals surface area contributed by atoms with Gasteiger partial charge in [0.1, 0.15) is 5.75 Å². The molecular weight excluding hydrogens is 214 g/mol. The van der Waals surface area contributed by atoms with Crippen molar-refractivity contribution in [3.8, 4) is 5.75 Å². The third-order valence-electron chi connectivity index (χ3n) is 3.00. The van der Waals surface area contributed by atoms with E-state index in [0.29, 0.717) is 12.5 Å². The van der Waals surface area contributed by atoms with Gasteiger partial charge < -0.3 is 15.2 Å². The van der Waals surface area contributed by atoms with Crippen LogP contribution in [0.25, 0.3) is 0 Å². The zero-order valence-corrected chi connectivity index (χ0v) is 10.4. The zero-order valence-electron chi connectivity index (χ0n) is 10.4. The van der Waals surface area contributed by atoms with E-state index in [0.717, 1.165) is 23.9 Å². The highest BCUT2D eigenvalue weighted by molar-refractivity contribution is 5.32. The normalized spacial score (nSPS) is 16.8. The summed E-state index contributed by atoms with van der Waals surface area (Å²) in [5, 5.41) is 12.7. The molecule has 2 N–H and O–H groups in total. The molecule has 1 atom stereocenters. The second-order valence-electron chi connectivity index (χ2n) is 4.86. The predicted octanol–water partition coefficient (Wildman–Crippen LogP) is 1.95. The van der Waals surface area contributed by atoms with Crippen LogP contribution in [0, 0.1) is 5.92 Å². The monoisotopic (exact) mass is 235 g/mol. The Morgan fingerprint density at radius 2 is 2.18 bits per heavy atom. The molecule has 2 rings (SSSR count). The van der Waals surface area contributed by atoms with Crippen molar-refractivity contribution in [2.24, 2.45) is 5.92 Å². The van der Waals surface area contributed by atoms with Crippen LogP contribution in [-0.4, -0.2) is 24.3 Å². The highest BCUT2D eigenvalue weighted by Crippen LogP contribution is 2.20. The summed E-state index contributed by atoms with van der Waals surface area (Å²) in [6.45, 7) is 3.91. The van der Waals surface area contributed by atoms with E-state index >= 15 is 0 Å². The standard InChI is InChI=1S/C14H21NO2/c1-11(8-15-13-6-7-13)10-17-14-5-3-2-4-12(14)9-16/h2-5,11,13,15-16H,6-10H2,1H3. The van der Waals surface area contributed by atoms with Gasteiger partial charge in [0.15, 0.2) is 0 Å². The molecule has 1 aromatic carbocycles. The van der Waals surface area contributed by atoms with E-state index in [4.69, 9.17) is 4.74 Å². The first-order chi connectivity index (χ1) is 8.29. The maximum Gasteiger partial charge on any atom is 0.124 e. The van der Waals surface area contributed by atoms with Crippen LogP contribution in [0.15, 0.2) is 24.3 Å². The van der Waals surface area contributed by atoms with Crippen LogP contribution >= 0.6 is 0 Å². The van der Waals surface area contributed by atoms with Gasteiger partial charge in [-0.15, -0.1) is 0 Å². The van der Waals surface area contributed by atoms with Crippen molar-refractivity contribution < 1.29 is 9.84 Å². The molecule has 1 aliphatic rings. The molecule has 0 aliphatic heterocycles. The minimum Gasteiger partial charge on any atom is -0.493 e. The Morgan fingerprint density at radius 1 is 1.41 bits per heavy atom. The van der Waals surface area contributed by atoms with Crippen molar-refractivity contribution in [3.05, 3.63) is 29.8 Å². The Balaban J connectivity index is 1.75. The molecule has 0 radical (unpaired) electrons. The molecule has 0 aromatic heterocycles. The number of hydrogen-bond acceptors (Lipinski definition) is 3. The molecular formula is C14H21NO2. The van der Waals surface area contributed by atoms with Gasteiger partial charge in [0.2, 0.25) is 0 Å². The predicted molar refractivity (Wildman–Crippen MR) is 68.0 cm³/mol. The van der Waals surface area contributed by atoms with Crippen LogP contribution in [-0.2, 0) is 6.61 Å². The highest BCUT2D eigenvalue weighted by Gasteiger charge is 2.20. The van der Waals surface area contributed by atoms with E-state index in [-0.39, 0.29) is 6.61 Å². The van der Waals surface area contributed by atoms with E-state index < -0.39 is 0 Å². The van der Waals surface area contributed by atoms with E-state index in [1.54, 1.807) is 0 Å². The summed E-state index contributed by atoms with van der Waals surface area (Å²) in [4.78, 5) is 0. The van der Waals surface area contributed by atoms with Gasteiger partial charge in [-0.05, 0) is 18.9 Å². The van der Waals surface area contributed by atoms with Crippen LogP contribution in [0.2, 0.25) is 0 Å². The van der Waals surface area contributed by atoms with Crippen molar-refractivity contribution in [3.63, 3.8) is 0 Å². The molecule has 94 valence electrons. The molecule has 3 nitrogen and oxygen atoms in total. The molecule has 1 fully saturated rings. The Morgan fingerprint density at radius 3 is 2.88 bits per heavy atom. The smallest absolute Gasteiger partial charge is 0.124 e. The molecule has 0 saturated heterocycles. The average molecular weight is 235 g/mol. The molecule has 17 heavy (non-hydrogen) atoms. The number of nitrogens with one attached hydrogen (secondary N) is 1. The quantitative estimate of drug-likeness (QED) is 0.759. The topological polar surface area (TPSA) is 41.5 Å². The number of ether oxygens (including phenoxy) is 1. The maximum absolute atomic E-state index is 9.18. The Hall–Kier alpha value is -1.06. The fourth-order valence-electron chi connectivity index (χ4n) is 1.72. The second-order valence-corrected chi connectivity index (χ2v) is 4.86. The largest absolute Gasteiger partial charge is 0.493 e. The van der Waals surface area contributed by atoms with Gasteiger partial charge in [-0.3, -0.25) is 0 Å². The van der Waals surface area contributed by atoms with Gasteiger partial charge in [-0.25, -0.2) is 0 Å². The first-order valence-corrected chi connectivity index (χ1v) is 6.34. The van der Waals surface area contributed by atoms with E-state index in [1.807, 2.05) is 24.3 Å². The second kappa shape index (κ2) is 6.03. The highest BCUT2D eigenvalue weighted by atomic mass is 16.5. The van der Waals surface area contributed by atoms with Gasteiger partial charge >= 0.3 is 0 Å². The number of benzene rings is 1. The summed E-state index contributed by atoms with van der Waals surface area (Å²) >= 11 is 0. The van der Waals surface area contributed by atoms with Gasteiger partial charge in [-0.2, -0.15) is 0 Å². The third-order valence-corrected chi connectivity index (χ3v) is 3.00. The Labute approximate surface area is 103 Å². The maximum atomic E-state index is 9.18. The third kappa shape index (κ3) is 4.02. The number of hydrogen-bond donors (Lipinski definition) is 2. The van der Waals surface area contributed by atoms with Crippen molar-refractivity contribution in [1.29, 1.82) is 0 Å². The van der Waals surface area contributed by atoms with E-state index in [2.05, 4.69) is 12.2 Å². The van der Waals surface area contributed by atoms with Gasteiger partial charge in [-0.1, -0.05) is 25.1 Å². The first-order valence-electron chi connectivity index (χ1n) is 6.34. The number of aliphatic hydroxyl groups is 1. The molecule has 0 amide bonds. The van der Waals surface area contributed by atoms with Crippen LogP contribution in [0.5, 0.6) is 5.75 Å². The molecule has 3 heteroatoms. The molecule has 0 spiro atoms. The SMILES string of the molecule is CC(CNC1CC1)COc1ccccc1CO.